The predicted molar refractivity (Wildman–Crippen MR) is 122 cm³/mol. The first-order chi connectivity index (χ1) is 14.8. The molecule has 158 valence electrons. The van der Waals surface area contributed by atoms with Crippen molar-refractivity contribution in [2.24, 2.45) is 0 Å². The monoisotopic (exact) mass is 405 g/mol. The summed E-state index contributed by atoms with van der Waals surface area (Å²) < 4.78 is 10.6. The normalized spacial score (nSPS) is 14.3. The molecule has 2 heterocycles. The van der Waals surface area contributed by atoms with Crippen molar-refractivity contribution in [2.75, 3.05) is 38.8 Å². The van der Waals surface area contributed by atoms with Crippen LogP contribution in [0.5, 0.6) is 5.75 Å². The lowest BCUT2D eigenvalue weighted by molar-refractivity contribution is 0.193. The van der Waals surface area contributed by atoms with E-state index in [1.54, 1.807) is 14.2 Å². The Morgan fingerprint density at radius 2 is 1.83 bits per heavy atom. The van der Waals surface area contributed by atoms with Crippen LogP contribution in [0.3, 0.4) is 0 Å². The molecule has 0 spiro atoms. The molecule has 0 atom stereocenters. The number of methoxy groups -OCH3 is 2. The van der Waals surface area contributed by atoms with E-state index in [1.165, 1.54) is 35.7 Å². The number of hydrogen-bond acceptors (Lipinski definition) is 5. The number of aromatic nitrogens is 2. The van der Waals surface area contributed by atoms with Crippen molar-refractivity contribution in [1.82, 2.24) is 9.97 Å². The van der Waals surface area contributed by atoms with Crippen LogP contribution in [0.25, 0.3) is 22.0 Å². The average Bonchev–Trinajstić information content (AvgIpc) is 2.81. The van der Waals surface area contributed by atoms with Gasteiger partial charge in [0.25, 0.3) is 0 Å². The van der Waals surface area contributed by atoms with Crippen molar-refractivity contribution in [1.29, 1.82) is 0 Å². The van der Waals surface area contributed by atoms with Crippen LogP contribution in [0.2, 0.25) is 0 Å². The van der Waals surface area contributed by atoms with Crippen LogP contribution in [0.4, 0.5) is 5.69 Å². The first-order valence-corrected chi connectivity index (χ1v) is 11.0. The van der Waals surface area contributed by atoms with Crippen molar-refractivity contribution < 1.29 is 9.47 Å². The number of fused-ring (bicyclic) bond motifs is 1. The van der Waals surface area contributed by atoms with E-state index in [9.17, 15) is 0 Å². The van der Waals surface area contributed by atoms with Gasteiger partial charge in [-0.2, -0.15) is 0 Å². The SMILES string of the molecule is COCCCCc1nccc(-c2cc(N3CCCCC3)c3cc(OC)ccc3c2)n1. The van der Waals surface area contributed by atoms with Crippen LogP contribution in [-0.4, -0.2) is 43.9 Å². The van der Waals surface area contributed by atoms with Crippen molar-refractivity contribution in [3.63, 3.8) is 0 Å². The lowest BCUT2D eigenvalue weighted by Gasteiger charge is -2.30. The Labute approximate surface area is 179 Å². The molecular weight excluding hydrogens is 374 g/mol. The Balaban J connectivity index is 1.70. The number of rotatable bonds is 8. The third-order valence-electron chi connectivity index (χ3n) is 5.84. The summed E-state index contributed by atoms with van der Waals surface area (Å²) in [7, 11) is 3.47. The third-order valence-corrected chi connectivity index (χ3v) is 5.84. The number of ether oxygens (including phenoxy) is 2. The van der Waals surface area contributed by atoms with Gasteiger partial charge < -0.3 is 14.4 Å². The zero-order valence-corrected chi connectivity index (χ0v) is 18.1. The minimum Gasteiger partial charge on any atom is -0.497 e. The fourth-order valence-electron chi connectivity index (χ4n) is 4.20. The van der Waals surface area contributed by atoms with Gasteiger partial charge in [0, 0.05) is 56.1 Å². The molecular formula is C25H31N3O2. The highest BCUT2D eigenvalue weighted by atomic mass is 16.5. The van der Waals surface area contributed by atoms with Gasteiger partial charge in [0.2, 0.25) is 0 Å². The summed E-state index contributed by atoms with van der Waals surface area (Å²) in [5.74, 6) is 1.80. The first-order valence-electron chi connectivity index (χ1n) is 11.0. The van der Waals surface area contributed by atoms with E-state index in [4.69, 9.17) is 14.5 Å². The largest absolute Gasteiger partial charge is 0.497 e. The molecule has 1 aliphatic rings. The molecule has 4 rings (SSSR count). The molecule has 30 heavy (non-hydrogen) atoms. The summed E-state index contributed by atoms with van der Waals surface area (Å²) in [5.41, 5.74) is 3.41. The minimum absolute atomic E-state index is 0.785. The number of anilines is 1. The molecule has 0 amide bonds. The molecule has 0 aliphatic carbocycles. The van der Waals surface area contributed by atoms with Crippen molar-refractivity contribution in [2.45, 2.75) is 38.5 Å². The second-order valence-electron chi connectivity index (χ2n) is 7.94. The molecule has 0 radical (unpaired) electrons. The van der Waals surface area contributed by atoms with Crippen LogP contribution in [0, 0.1) is 0 Å². The Morgan fingerprint density at radius 3 is 2.63 bits per heavy atom. The maximum Gasteiger partial charge on any atom is 0.128 e. The zero-order valence-electron chi connectivity index (χ0n) is 18.1. The average molecular weight is 406 g/mol. The Kier molecular flexibility index (Phi) is 6.80. The molecule has 0 saturated carbocycles. The van der Waals surface area contributed by atoms with Gasteiger partial charge in [-0.15, -0.1) is 0 Å². The first kappa shape index (κ1) is 20.6. The number of piperidine rings is 1. The van der Waals surface area contributed by atoms with Gasteiger partial charge in [0.15, 0.2) is 0 Å². The molecule has 0 bridgehead atoms. The minimum atomic E-state index is 0.785. The summed E-state index contributed by atoms with van der Waals surface area (Å²) >= 11 is 0. The lowest BCUT2D eigenvalue weighted by Crippen LogP contribution is -2.29. The van der Waals surface area contributed by atoms with Crippen LogP contribution >= 0.6 is 0 Å². The Morgan fingerprint density at radius 1 is 0.967 bits per heavy atom. The number of hydrogen-bond donors (Lipinski definition) is 0. The number of nitrogens with zero attached hydrogens (tertiary/aromatic N) is 3. The highest BCUT2D eigenvalue weighted by Gasteiger charge is 2.16. The van der Waals surface area contributed by atoms with Gasteiger partial charge >= 0.3 is 0 Å². The standard InChI is InChI=1S/C25H31N3O2/c1-29-15-7-4-8-25-26-12-11-23(27-25)20-16-19-9-10-21(30-2)18-22(19)24(17-20)28-13-5-3-6-14-28/h9-12,16-18H,3-8,13-15H2,1-2H3. The van der Waals surface area contributed by atoms with Crippen LogP contribution < -0.4 is 9.64 Å². The summed E-state index contributed by atoms with van der Waals surface area (Å²) in [6, 6.07) is 12.9. The maximum absolute atomic E-state index is 5.50. The van der Waals surface area contributed by atoms with Gasteiger partial charge in [-0.3, -0.25) is 0 Å². The van der Waals surface area contributed by atoms with Gasteiger partial charge in [-0.25, -0.2) is 9.97 Å². The van der Waals surface area contributed by atoms with E-state index in [0.717, 1.165) is 61.8 Å². The summed E-state index contributed by atoms with van der Waals surface area (Å²) in [6.45, 7) is 2.99. The highest BCUT2D eigenvalue weighted by molar-refractivity contribution is 5.98. The number of unbranched alkanes of at least 4 members (excludes halogenated alkanes) is 1. The molecule has 1 saturated heterocycles. The summed E-state index contributed by atoms with van der Waals surface area (Å²) in [4.78, 5) is 11.9. The fourth-order valence-corrected chi connectivity index (χ4v) is 4.20. The van der Waals surface area contributed by atoms with Gasteiger partial charge in [-0.1, -0.05) is 6.07 Å². The van der Waals surface area contributed by atoms with Crippen LogP contribution in [-0.2, 0) is 11.2 Å². The molecule has 1 fully saturated rings. The fraction of sp³-hybridized carbons (Fsp3) is 0.440. The van der Waals surface area contributed by atoms with E-state index in [-0.39, 0.29) is 0 Å². The molecule has 1 aliphatic heterocycles. The second kappa shape index (κ2) is 9.90. The van der Waals surface area contributed by atoms with Gasteiger partial charge in [0.1, 0.15) is 11.6 Å². The molecule has 5 heteroatoms. The molecule has 0 unspecified atom stereocenters. The van der Waals surface area contributed by atoms with Crippen molar-refractivity contribution in [3.05, 3.63) is 48.4 Å². The third kappa shape index (κ3) is 4.73. The van der Waals surface area contributed by atoms with Crippen molar-refractivity contribution in [3.8, 4) is 17.0 Å². The topological polar surface area (TPSA) is 47.5 Å². The van der Waals surface area contributed by atoms with E-state index in [2.05, 4.69) is 34.1 Å². The number of benzene rings is 2. The van der Waals surface area contributed by atoms with Crippen molar-refractivity contribution >= 4 is 16.5 Å². The predicted octanol–water partition coefficient (Wildman–Crippen LogP) is 5.26. The van der Waals surface area contributed by atoms with E-state index in [1.807, 2.05) is 18.3 Å². The van der Waals surface area contributed by atoms with Gasteiger partial charge in [0.05, 0.1) is 12.8 Å². The van der Waals surface area contributed by atoms with Crippen LogP contribution in [0.1, 0.15) is 37.9 Å². The number of aryl methyl sites for hydroxylation is 1. The van der Waals surface area contributed by atoms with E-state index >= 15 is 0 Å². The lowest BCUT2D eigenvalue weighted by atomic mass is 10.00. The Hall–Kier alpha value is -2.66. The van der Waals surface area contributed by atoms with E-state index in [0.29, 0.717) is 0 Å². The van der Waals surface area contributed by atoms with Gasteiger partial charge in [-0.05, 0) is 67.8 Å². The zero-order chi connectivity index (χ0) is 20.8. The molecule has 5 nitrogen and oxygen atoms in total. The highest BCUT2D eigenvalue weighted by Crippen LogP contribution is 2.36. The molecule has 1 aromatic heterocycles. The smallest absolute Gasteiger partial charge is 0.128 e. The summed E-state index contributed by atoms with van der Waals surface area (Å²) in [5, 5.41) is 2.46. The van der Waals surface area contributed by atoms with E-state index < -0.39 is 0 Å². The van der Waals surface area contributed by atoms with Crippen LogP contribution in [0.15, 0.2) is 42.6 Å². The molecule has 0 N–H and O–H groups in total. The maximum atomic E-state index is 5.50. The second-order valence-corrected chi connectivity index (χ2v) is 7.94. The molecule has 3 aromatic rings. The Bertz CT molecular complexity index is 983. The summed E-state index contributed by atoms with van der Waals surface area (Å²) in [6.07, 6.45) is 8.63. The molecule has 2 aromatic carbocycles. The quantitative estimate of drug-likeness (QED) is 0.478.